The number of phenolic OH excluding ortho intramolecular Hbond substituents is 1. The van der Waals surface area contributed by atoms with Gasteiger partial charge in [-0.15, -0.1) is 0 Å². The first-order valence-corrected chi connectivity index (χ1v) is 7.35. The molecule has 2 rings (SSSR count). The van der Waals surface area contributed by atoms with Gasteiger partial charge in [-0.05, 0) is 38.4 Å². The maximum absolute atomic E-state index is 10.0. The van der Waals surface area contributed by atoms with Crippen LogP contribution in [0.15, 0.2) is 24.3 Å². The van der Waals surface area contributed by atoms with Gasteiger partial charge >= 0.3 is 0 Å². The molecule has 1 atom stereocenters. The Balaban J connectivity index is 2.13. The highest BCUT2D eigenvalue weighted by Gasteiger charge is 2.21. The van der Waals surface area contributed by atoms with Crippen molar-refractivity contribution in [2.75, 3.05) is 13.1 Å². The summed E-state index contributed by atoms with van der Waals surface area (Å²) in [5, 5.41) is 10.0. The average molecular weight is 247 g/mol. The van der Waals surface area contributed by atoms with Gasteiger partial charge in [0.25, 0.3) is 0 Å². The average Bonchev–Trinajstić information content (AvgIpc) is 2.34. The summed E-state index contributed by atoms with van der Waals surface area (Å²) in [5.41, 5.74) is 1.10. The number of hydrogen-bond acceptors (Lipinski definition) is 2. The van der Waals surface area contributed by atoms with Gasteiger partial charge < -0.3 is 5.11 Å². The second-order valence-electron chi connectivity index (χ2n) is 5.29. The zero-order valence-corrected chi connectivity index (χ0v) is 11.4. The van der Waals surface area contributed by atoms with Crippen LogP contribution in [0.4, 0.5) is 0 Å². The van der Waals surface area contributed by atoms with E-state index in [1.807, 2.05) is 18.2 Å². The lowest BCUT2D eigenvalue weighted by molar-refractivity contribution is 0.172. The zero-order valence-electron chi connectivity index (χ0n) is 11.4. The lowest BCUT2D eigenvalue weighted by Gasteiger charge is -2.33. The number of benzene rings is 1. The molecule has 100 valence electrons. The zero-order chi connectivity index (χ0) is 12.8. The minimum atomic E-state index is 0.379. The maximum atomic E-state index is 10.0. The number of aromatic hydroxyl groups is 1. The highest BCUT2D eigenvalue weighted by Crippen LogP contribution is 2.32. The third-order valence-electron chi connectivity index (χ3n) is 4.01. The Hall–Kier alpha value is -1.02. The van der Waals surface area contributed by atoms with E-state index in [-0.39, 0.29) is 0 Å². The van der Waals surface area contributed by atoms with Crippen LogP contribution in [0.3, 0.4) is 0 Å². The molecule has 0 amide bonds. The molecule has 1 heterocycles. The van der Waals surface area contributed by atoms with E-state index in [9.17, 15) is 5.11 Å². The Labute approximate surface area is 111 Å². The number of rotatable bonds is 3. The minimum absolute atomic E-state index is 0.379. The van der Waals surface area contributed by atoms with Crippen molar-refractivity contribution in [2.24, 2.45) is 0 Å². The molecule has 0 spiro atoms. The molecule has 2 heteroatoms. The van der Waals surface area contributed by atoms with E-state index in [1.165, 1.54) is 45.2 Å². The van der Waals surface area contributed by atoms with E-state index in [2.05, 4.69) is 17.9 Å². The number of likely N-dealkylation sites (tertiary alicyclic amines) is 1. The van der Waals surface area contributed by atoms with Crippen molar-refractivity contribution in [3.8, 4) is 5.75 Å². The van der Waals surface area contributed by atoms with Crippen LogP contribution in [0.25, 0.3) is 0 Å². The molecule has 1 unspecified atom stereocenters. The van der Waals surface area contributed by atoms with Gasteiger partial charge in [-0.1, -0.05) is 44.4 Å². The molecule has 1 N–H and O–H groups in total. The molecule has 0 saturated carbocycles. The predicted octanol–water partition coefficient (Wildman–Crippen LogP) is 4.11. The van der Waals surface area contributed by atoms with E-state index in [1.54, 1.807) is 0 Å². The van der Waals surface area contributed by atoms with Gasteiger partial charge in [-0.3, -0.25) is 4.90 Å². The fourth-order valence-electron chi connectivity index (χ4n) is 3.03. The third kappa shape index (κ3) is 3.26. The predicted molar refractivity (Wildman–Crippen MR) is 75.8 cm³/mol. The quantitative estimate of drug-likeness (QED) is 0.869. The van der Waals surface area contributed by atoms with Crippen LogP contribution in [0.2, 0.25) is 0 Å². The Morgan fingerprint density at radius 2 is 1.67 bits per heavy atom. The molecule has 0 bridgehead atoms. The standard InChI is InChI=1S/C16H25NO/c1-2-15(14-10-6-7-11-16(14)18)17-12-8-4-3-5-9-13-17/h6-7,10-11,15,18H,2-5,8-9,12-13H2,1H3. The lowest BCUT2D eigenvalue weighted by atomic mass is 9.99. The van der Waals surface area contributed by atoms with Gasteiger partial charge in [-0.2, -0.15) is 0 Å². The lowest BCUT2D eigenvalue weighted by Crippen LogP contribution is -2.31. The van der Waals surface area contributed by atoms with Crippen molar-refractivity contribution < 1.29 is 5.11 Å². The van der Waals surface area contributed by atoms with Gasteiger partial charge in [0.2, 0.25) is 0 Å². The fraction of sp³-hybridized carbons (Fsp3) is 0.625. The van der Waals surface area contributed by atoms with Crippen molar-refractivity contribution >= 4 is 0 Å². The second kappa shape index (κ2) is 6.79. The van der Waals surface area contributed by atoms with Crippen LogP contribution >= 0.6 is 0 Å². The second-order valence-corrected chi connectivity index (χ2v) is 5.29. The summed E-state index contributed by atoms with van der Waals surface area (Å²) < 4.78 is 0. The first-order valence-electron chi connectivity index (χ1n) is 7.35. The van der Waals surface area contributed by atoms with Crippen molar-refractivity contribution in [1.82, 2.24) is 4.90 Å². The highest BCUT2D eigenvalue weighted by atomic mass is 16.3. The Morgan fingerprint density at radius 1 is 1.06 bits per heavy atom. The smallest absolute Gasteiger partial charge is 0.120 e. The normalized spacial score (nSPS) is 20.1. The largest absolute Gasteiger partial charge is 0.508 e. The molecule has 1 aromatic carbocycles. The summed E-state index contributed by atoms with van der Waals surface area (Å²) in [4.78, 5) is 2.56. The van der Waals surface area contributed by atoms with E-state index in [4.69, 9.17) is 0 Å². The van der Waals surface area contributed by atoms with E-state index < -0.39 is 0 Å². The Morgan fingerprint density at radius 3 is 2.28 bits per heavy atom. The van der Waals surface area contributed by atoms with Gasteiger partial charge in [0.15, 0.2) is 0 Å². The fourth-order valence-corrected chi connectivity index (χ4v) is 3.03. The van der Waals surface area contributed by atoms with Crippen LogP contribution in [-0.2, 0) is 0 Å². The van der Waals surface area contributed by atoms with Crippen molar-refractivity contribution in [3.05, 3.63) is 29.8 Å². The highest BCUT2D eigenvalue weighted by molar-refractivity contribution is 5.34. The molecule has 1 aliphatic heterocycles. The minimum Gasteiger partial charge on any atom is -0.508 e. The first kappa shape index (κ1) is 13.4. The molecular weight excluding hydrogens is 222 g/mol. The number of nitrogens with zero attached hydrogens (tertiary/aromatic N) is 1. The molecule has 1 aliphatic rings. The van der Waals surface area contributed by atoms with Gasteiger partial charge in [-0.25, -0.2) is 0 Å². The molecule has 0 aromatic heterocycles. The van der Waals surface area contributed by atoms with E-state index >= 15 is 0 Å². The van der Waals surface area contributed by atoms with E-state index in [0.29, 0.717) is 11.8 Å². The van der Waals surface area contributed by atoms with Crippen LogP contribution in [0.5, 0.6) is 5.75 Å². The summed E-state index contributed by atoms with van der Waals surface area (Å²) in [6, 6.07) is 8.19. The number of phenols is 1. The number of para-hydroxylation sites is 1. The topological polar surface area (TPSA) is 23.5 Å². The van der Waals surface area contributed by atoms with Gasteiger partial charge in [0, 0.05) is 11.6 Å². The maximum Gasteiger partial charge on any atom is 0.120 e. The molecular formula is C16H25NO. The Kier molecular flexibility index (Phi) is 5.06. The van der Waals surface area contributed by atoms with Crippen LogP contribution in [-0.4, -0.2) is 23.1 Å². The SMILES string of the molecule is CCC(c1ccccc1O)N1CCCCCCC1. The molecule has 1 aromatic rings. The molecule has 0 aliphatic carbocycles. The molecule has 2 nitrogen and oxygen atoms in total. The van der Waals surface area contributed by atoms with E-state index in [0.717, 1.165) is 12.0 Å². The van der Waals surface area contributed by atoms with Crippen LogP contribution in [0, 0.1) is 0 Å². The monoisotopic (exact) mass is 247 g/mol. The van der Waals surface area contributed by atoms with Crippen LogP contribution < -0.4 is 0 Å². The first-order chi connectivity index (χ1) is 8.83. The summed E-state index contributed by atoms with van der Waals surface area (Å²) in [7, 11) is 0. The Bertz CT molecular complexity index is 356. The third-order valence-corrected chi connectivity index (χ3v) is 4.01. The number of hydrogen-bond donors (Lipinski definition) is 1. The molecule has 1 saturated heterocycles. The van der Waals surface area contributed by atoms with Gasteiger partial charge in [0.05, 0.1) is 0 Å². The molecule has 18 heavy (non-hydrogen) atoms. The van der Waals surface area contributed by atoms with Crippen LogP contribution in [0.1, 0.15) is 57.1 Å². The van der Waals surface area contributed by atoms with Crippen molar-refractivity contribution in [2.45, 2.75) is 51.5 Å². The van der Waals surface area contributed by atoms with Crippen molar-refractivity contribution in [1.29, 1.82) is 0 Å². The van der Waals surface area contributed by atoms with Crippen molar-refractivity contribution in [3.63, 3.8) is 0 Å². The summed E-state index contributed by atoms with van der Waals surface area (Å²) >= 11 is 0. The molecule has 0 radical (unpaired) electrons. The molecule has 1 fully saturated rings. The van der Waals surface area contributed by atoms with Gasteiger partial charge in [0.1, 0.15) is 5.75 Å². The summed E-state index contributed by atoms with van der Waals surface area (Å²) in [6.45, 7) is 4.57. The summed E-state index contributed by atoms with van der Waals surface area (Å²) in [5.74, 6) is 0.450. The summed E-state index contributed by atoms with van der Waals surface area (Å²) in [6.07, 6.45) is 7.76.